The van der Waals surface area contributed by atoms with Crippen molar-refractivity contribution >= 4 is 15.9 Å². The maximum Gasteiger partial charge on any atom is 0.251 e. The van der Waals surface area contributed by atoms with E-state index in [1.165, 1.54) is 19.2 Å². The van der Waals surface area contributed by atoms with Crippen molar-refractivity contribution in [2.75, 3.05) is 20.3 Å². The molecule has 0 spiro atoms. The molecule has 2 aliphatic rings. The van der Waals surface area contributed by atoms with Gasteiger partial charge in [-0.2, -0.15) is 0 Å². The van der Waals surface area contributed by atoms with Crippen LogP contribution in [0.2, 0.25) is 0 Å². The molecule has 3 rings (SSSR count). The van der Waals surface area contributed by atoms with Gasteiger partial charge in [-0.15, -0.1) is 0 Å². The summed E-state index contributed by atoms with van der Waals surface area (Å²) in [6.45, 7) is 1.14. The molecule has 1 saturated heterocycles. The third-order valence-corrected chi connectivity index (χ3v) is 5.67. The van der Waals surface area contributed by atoms with Crippen molar-refractivity contribution in [1.29, 1.82) is 0 Å². The Kier molecular flexibility index (Phi) is 5.07. The normalized spacial score (nSPS) is 20.8. The molecule has 132 valence electrons. The monoisotopic (exact) mass is 354 g/mol. The minimum Gasteiger partial charge on any atom is -0.495 e. The van der Waals surface area contributed by atoms with E-state index in [0.717, 1.165) is 32.3 Å². The van der Waals surface area contributed by atoms with Gasteiger partial charge >= 0.3 is 0 Å². The van der Waals surface area contributed by atoms with Crippen LogP contribution in [-0.4, -0.2) is 46.7 Å². The number of ether oxygens (including phenoxy) is 2. The Hall–Kier alpha value is -1.64. The molecule has 1 aliphatic carbocycles. The van der Waals surface area contributed by atoms with Crippen molar-refractivity contribution in [2.45, 2.75) is 42.7 Å². The highest BCUT2D eigenvalue weighted by Crippen LogP contribution is 2.28. The standard InChI is InChI=1S/C16H22N2O5S/c1-22-14-7-4-11(16(19)17-10-13-3-2-8-23-13)9-15(14)24(20,21)18-12-5-6-12/h4,7,9,12-13,18H,2-3,5-6,8,10H2,1H3,(H,17,19)/t13-/m0/s1. The van der Waals surface area contributed by atoms with Crippen molar-refractivity contribution < 1.29 is 22.7 Å². The predicted octanol–water partition coefficient (Wildman–Crippen LogP) is 1.04. The highest BCUT2D eigenvalue weighted by atomic mass is 32.2. The lowest BCUT2D eigenvalue weighted by Crippen LogP contribution is -2.32. The lowest BCUT2D eigenvalue weighted by atomic mass is 10.2. The first-order chi connectivity index (χ1) is 11.5. The number of benzene rings is 1. The van der Waals surface area contributed by atoms with E-state index >= 15 is 0 Å². The molecule has 0 unspecified atom stereocenters. The van der Waals surface area contributed by atoms with Crippen LogP contribution >= 0.6 is 0 Å². The number of hydrogen-bond acceptors (Lipinski definition) is 5. The Morgan fingerprint density at radius 2 is 2.12 bits per heavy atom. The second-order valence-electron chi connectivity index (χ2n) is 6.11. The van der Waals surface area contributed by atoms with Crippen LogP contribution in [0.3, 0.4) is 0 Å². The van der Waals surface area contributed by atoms with Crippen molar-refractivity contribution in [2.24, 2.45) is 0 Å². The molecule has 0 aromatic heterocycles. The average molecular weight is 354 g/mol. The van der Waals surface area contributed by atoms with Crippen LogP contribution in [-0.2, 0) is 14.8 Å². The van der Waals surface area contributed by atoms with Crippen LogP contribution in [0.4, 0.5) is 0 Å². The first kappa shape index (κ1) is 17.2. The van der Waals surface area contributed by atoms with E-state index < -0.39 is 10.0 Å². The number of amides is 1. The zero-order chi connectivity index (χ0) is 17.2. The Morgan fingerprint density at radius 1 is 1.33 bits per heavy atom. The largest absolute Gasteiger partial charge is 0.495 e. The summed E-state index contributed by atoms with van der Waals surface area (Å²) >= 11 is 0. The van der Waals surface area contributed by atoms with Gasteiger partial charge in [0.2, 0.25) is 10.0 Å². The summed E-state index contributed by atoms with van der Waals surface area (Å²) in [5, 5.41) is 2.79. The van der Waals surface area contributed by atoms with Gasteiger partial charge in [-0.05, 0) is 43.9 Å². The quantitative estimate of drug-likeness (QED) is 0.763. The molecule has 2 N–H and O–H groups in total. The van der Waals surface area contributed by atoms with Crippen LogP contribution in [0.1, 0.15) is 36.0 Å². The third-order valence-electron chi connectivity index (χ3n) is 4.13. The molecular weight excluding hydrogens is 332 g/mol. The molecule has 1 saturated carbocycles. The summed E-state index contributed by atoms with van der Waals surface area (Å²) in [5.74, 6) is -0.102. The molecule has 0 radical (unpaired) electrons. The van der Waals surface area contributed by atoms with Crippen LogP contribution in [0.5, 0.6) is 5.75 Å². The van der Waals surface area contributed by atoms with Crippen molar-refractivity contribution in [3.8, 4) is 5.75 Å². The van der Waals surface area contributed by atoms with Gasteiger partial charge in [0.25, 0.3) is 5.91 Å². The molecule has 1 atom stereocenters. The summed E-state index contributed by atoms with van der Waals surface area (Å²) in [6, 6.07) is 4.40. The van der Waals surface area contributed by atoms with Crippen LogP contribution in [0.15, 0.2) is 23.1 Å². The fourth-order valence-corrected chi connectivity index (χ4v) is 4.13. The summed E-state index contributed by atoms with van der Waals surface area (Å²) in [6.07, 6.45) is 3.63. The van der Waals surface area contributed by atoms with E-state index in [1.807, 2.05) is 0 Å². The van der Waals surface area contributed by atoms with Gasteiger partial charge in [-0.25, -0.2) is 13.1 Å². The van der Waals surface area contributed by atoms with Crippen molar-refractivity contribution in [3.05, 3.63) is 23.8 Å². The second kappa shape index (κ2) is 7.08. The molecule has 8 heteroatoms. The van der Waals surface area contributed by atoms with Gasteiger partial charge in [0.15, 0.2) is 0 Å². The van der Waals surface area contributed by atoms with Gasteiger partial charge in [0.1, 0.15) is 10.6 Å². The Labute approximate surface area is 141 Å². The van der Waals surface area contributed by atoms with E-state index in [4.69, 9.17) is 9.47 Å². The molecule has 2 fully saturated rings. The van der Waals surface area contributed by atoms with Crippen LogP contribution < -0.4 is 14.8 Å². The first-order valence-corrected chi connectivity index (χ1v) is 9.58. The van der Waals surface area contributed by atoms with Gasteiger partial charge in [-0.1, -0.05) is 0 Å². The fourth-order valence-electron chi connectivity index (χ4n) is 2.63. The van der Waals surface area contributed by atoms with E-state index in [-0.39, 0.29) is 34.3 Å². The number of hydrogen-bond donors (Lipinski definition) is 2. The minimum atomic E-state index is -3.71. The summed E-state index contributed by atoms with van der Waals surface area (Å²) in [5.41, 5.74) is 0.282. The first-order valence-electron chi connectivity index (χ1n) is 8.10. The minimum absolute atomic E-state index is 0.0123. The van der Waals surface area contributed by atoms with Gasteiger partial charge in [0, 0.05) is 24.8 Å². The zero-order valence-electron chi connectivity index (χ0n) is 13.6. The topological polar surface area (TPSA) is 93.7 Å². The molecule has 1 heterocycles. The molecule has 24 heavy (non-hydrogen) atoms. The number of rotatable bonds is 7. The summed E-state index contributed by atoms with van der Waals surface area (Å²) in [7, 11) is -2.30. The second-order valence-corrected chi connectivity index (χ2v) is 7.79. The fraction of sp³-hybridized carbons (Fsp3) is 0.562. The van der Waals surface area contributed by atoms with E-state index in [2.05, 4.69) is 10.0 Å². The highest BCUT2D eigenvalue weighted by Gasteiger charge is 2.30. The molecule has 1 aromatic carbocycles. The van der Waals surface area contributed by atoms with Gasteiger partial charge < -0.3 is 14.8 Å². The summed E-state index contributed by atoms with van der Waals surface area (Å²) in [4.78, 5) is 12.3. The number of methoxy groups -OCH3 is 1. The Morgan fingerprint density at radius 3 is 2.75 bits per heavy atom. The molecule has 0 bridgehead atoms. The van der Waals surface area contributed by atoms with E-state index in [1.54, 1.807) is 6.07 Å². The molecular formula is C16H22N2O5S. The number of carbonyl (C=O) groups is 1. The van der Waals surface area contributed by atoms with Crippen LogP contribution in [0, 0.1) is 0 Å². The molecule has 1 aliphatic heterocycles. The molecule has 7 nitrogen and oxygen atoms in total. The van der Waals surface area contributed by atoms with Crippen molar-refractivity contribution in [3.63, 3.8) is 0 Å². The zero-order valence-corrected chi connectivity index (χ0v) is 14.4. The van der Waals surface area contributed by atoms with Gasteiger partial charge in [-0.3, -0.25) is 4.79 Å². The lowest BCUT2D eigenvalue weighted by molar-refractivity contribution is 0.0857. The number of sulfonamides is 1. The Bertz CT molecular complexity index is 709. The number of nitrogens with one attached hydrogen (secondary N) is 2. The maximum atomic E-state index is 12.5. The number of carbonyl (C=O) groups excluding carboxylic acids is 1. The lowest BCUT2D eigenvalue weighted by Gasteiger charge is -2.13. The van der Waals surface area contributed by atoms with Crippen molar-refractivity contribution in [1.82, 2.24) is 10.0 Å². The predicted molar refractivity (Wildman–Crippen MR) is 87.6 cm³/mol. The molecule has 1 aromatic rings. The highest BCUT2D eigenvalue weighted by molar-refractivity contribution is 7.89. The summed E-state index contributed by atoms with van der Waals surface area (Å²) < 4.78 is 38.1. The smallest absolute Gasteiger partial charge is 0.251 e. The van der Waals surface area contributed by atoms with E-state index in [0.29, 0.717) is 6.54 Å². The Balaban J connectivity index is 1.75. The van der Waals surface area contributed by atoms with E-state index in [9.17, 15) is 13.2 Å². The average Bonchev–Trinajstić information content (AvgIpc) is 3.22. The third kappa shape index (κ3) is 4.06. The SMILES string of the molecule is COc1ccc(C(=O)NC[C@@H]2CCCO2)cc1S(=O)(=O)NC1CC1. The van der Waals surface area contributed by atoms with Crippen LogP contribution in [0.25, 0.3) is 0 Å². The van der Waals surface area contributed by atoms with Gasteiger partial charge in [0.05, 0.1) is 13.2 Å². The molecule has 1 amide bonds. The maximum absolute atomic E-state index is 12.5.